The van der Waals surface area contributed by atoms with E-state index in [4.69, 9.17) is 0 Å². The third-order valence-corrected chi connectivity index (χ3v) is 2.33. The lowest BCUT2D eigenvalue weighted by atomic mass is 10.3. The summed E-state index contributed by atoms with van der Waals surface area (Å²) in [6.45, 7) is 2.06. The molecular formula is C7H15NOS. The lowest BCUT2D eigenvalue weighted by Crippen LogP contribution is -2.24. The van der Waals surface area contributed by atoms with Crippen LogP contribution in [0.4, 0.5) is 0 Å². The van der Waals surface area contributed by atoms with Crippen molar-refractivity contribution in [2.24, 2.45) is 0 Å². The largest absolute Gasteiger partial charge is 0.349 e. The lowest BCUT2D eigenvalue weighted by Gasteiger charge is -2.12. The SMILES string of the molecule is CS[C@@H](C)CC(=O)N(C)C. The molecule has 0 aliphatic heterocycles. The molecule has 60 valence electrons. The first-order valence-electron chi connectivity index (χ1n) is 3.31. The highest BCUT2D eigenvalue weighted by Crippen LogP contribution is 2.09. The van der Waals surface area contributed by atoms with Crippen LogP contribution in [-0.4, -0.2) is 36.4 Å². The minimum atomic E-state index is 0.210. The van der Waals surface area contributed by atoms with Crippen molar-refractivity contribution >= 4 is 17.7 Å². The first-order valence-corrected chi connectivity index (χ1v) is 4.59. The maximum atomic E-state index is 11.0. The van der Waals surface area contributed by atoms with Crippen molar-refractivity contribution in [2.75, 3.05) is 20.4 Å². The standard InChI is InChI=1S/C7H15NOS/c1-6(10-4)5-7(9)8(2)3/h6H,5H2,1-4H3/t6-/m0/s1. The summed E-state index contributed by atoms with van der Waals surface area (Å²) in [5, 5.41) is 0.440. The Morgan fingerprint density at radius 3 is 2.40 bits per heavy atom. The van der Waals surface area contributed by atoms with Gasteiger partial charge in [0.2, 0.25) is 5.91 Å². The fourth-order valence-electron chi connectivity index (χ4n) is 0.512. The highest BCUT2D eigenvalue weighted by molar-refractivity contribution is 7.99. The maximum Gasteiger partial charge on any atom is 0.223 e. The monoisotopic (exact) mass is 161 g/mol. The van der Waals surface area contributed by atoms with E-state index in [9.17, 15) is 4.79 Å². The van der Waals surface area contributed by atoms with Crippen LogP contribution in [-0.2, 0) is 4.79 Å². The number of hydrogen-bond donors (Lipinski definition) is 0. The van der Waals surface area contributed by atoms with Crippen LogP contribution < -0.4 is 0 Å². The highest BCUT2D eigenvalue weighted by atomic mass is 32.2. The second-order valence-corrected chi connectivity index (χ2v) is 3.81. The van der Waals surface area contributed by atoms with Gasteiger partial charge in [0, 0.05) is 25.8 Å². The maximum absolute atomic E-state index is 11.0. The van der Waals surface area contributed by atoms with Crippen LogP contribution in [0.25, 0.3) is 0 Å². The van der Waals surface area contributed by atoms with E-state index in [2.05, 4.69) is 6.92 Å². The van der Waals surface area contributed by atoms with Crippen molar-refractivity contribution in [2.45, 2.75) is 18.6 Å². The van der Waals surface area contributed by atoms with Crippen LogP contribution in [0, 0.1) is 0 Å². The number of rotatable bonds is 3. The Bertz CT molecular complexity index is 114. The molecule has 0 radical (unpaired) electrons. The van der Waals surface area contributed by atoms with E-state index in [-0.39, 0.29) is 5.91 Å². The number of carbonyl (C=O) groups excluding carboxylic acids is 1. The number of carbonyl (C=O) groups is 1. The molecule has 0 rings (SSSR count). The van der Waals surface area contributed by atoms with Crippen molar-refractivity contribution in [3.63, 3.8) is 0 Å². The predicted octanol–water partition coefficient (Wildman–Crippen LogP) is 1.22. The van der Waals surface area contributed by atoms with Gasteiger partial charge in [0.05, 0.1) is 0 Å². The predicted molar refractivity (Wildman–Crippen MR) is 46.3 cm³/mol. The molecule has 0 aromatic carbocycles. The van der Waals surface area contributed by atoms with Crippen LogP contribution in [0.3, 0.4) is 0 Å². The van der Waals surface area contributed by atoms with Crippen LogP contribution in [0.15, 0.2) is 0 Å². The zero-order chi connectivity index (χ0) is 8.15. The topological polar surface area (TPSA) is 20.3 Å². The third kappa shape index (κ3) is 3.77. The van der Waals surface area contributed by atoms with E-state index in [0.29, 0.717) is 11.7 Å². The Kier molecular flexibility index (Phi) is 4.52. The summed E-state index contributed by atoms with van der Waals surface area (Å²) in [6, 6.07) is 0. The molecule has 0 bridgehead atoms. The number of amides is 1. The molecule has 0 unspecified atom stereocenters. The highest BCUT2D eigenvalue weighted by Gasteiger charge is 2.08. The molecule has 0 saturated carbocycles. The van der Waals surface area contributed by atoms with Crippen molar-refractivity contribution < 1.29 is 4.79 Å². The second-order valence-electron chi connectivity index (χ2n) is 2.54. The Labute approximate surface area is 67.0 Å². The number of nitrogens with zero attached hydrogens (tertiary/aromatic N) is 1. The minimum absolute atomic E-state index is 0.210. The number of thioether (sulfide) groups is 1. The summed E-state index contributed by atoms with van der Waals surface area (Å²) in [7, 11) is 3.57. The minimum Gasteiger partial charge on any atom is -0.349 e. The van der Waals surface area contributed by atoms with Crippen molar-refractivity contribution in [1.29, 1.82) is 0 Å². The van der Waals surface area contributed by atoms with Gasteiger partial charge in [-0.05, 0) is 6.26 Å². The first-order chi connectivity index (χ1) is 4.57. The van der Waals surface area contributed by atoms with Crippen LogP contribution in [0.5, 0.6) is 0 Å². The van der Waals surface area contributed by atoms with Crippen LogP contribution in [0.1, 0.15) is 13.3 Å². The van der Waals surface area contributed by atoms with Gasteiger partial charge < -0.3 is 4.90 Å². The quantitative estimate of drug-likeness (QED) is 0.620. The zero-order valence-electron chi connectivity index (χ0n) is 7.05. The molecule has 3 heteroatoms. The van der Waals surface area contributed by atoms with E-state index in [0.717, 1.165) is 0 Å². The summed E-state index contributed by atoms with van der Waals surface area (Å²) in [5.74, 6) is 0.210. The summed E-state index contributed by atoms with van der Waals surface area (Å²) in [6.07, 6.45) is 2.67. The van der Waals surface area contributed by atoms with E-state index in [1.165, 1.54) is 0 Å². The summed E-state index contributed by atoms with van der Waals surface area (Å²) >= 11 is 1.72. The Hall–Kier alpha value is -0.180. The molecule has 0 aromatic rings. The molecule has 10 heavy (non-hydrogen) atoms. The molecular weight excluding hydrogens is 146 g/mol. The molecule has 0 aromatic heterocycles. The summed E-state index contributed by atoms with van der Waals surface area (Å²) in [4.78, 5) is 12.7. The molecule has 2 nitrogen and oxygen atoms in total. The molecule has 0 fully saturated rings. The van der Waals surface area contributed by atoms with Gasteiger partial charge in [-0.1, -0.05) is 6.92 Å². The fourth-order valence-corrected chi connectivity index (χ4v) is 0.821. The van der Waals surface area contributed by atoms with Gasteiger partial charge in [-0.15, -0.1) is 0 Å². The first kappa shape index (κ1) is 9.82. The second kappa shape index (κ2) is 4.61. The van der Waals surface area contributed by atoms with Crippen molar-refractivity contribution in [1.82, 2.24) is 4.90 Å². The van der Waals surface area contributed by atoms with Crippen molar-refractivity contribution in [3.05, 3.63) is 0 Å². The van der Waals surface area contributed by atoms with Gasteiger partial charge in [-0.3, -0.25) is 4.79 Å². The van der Waals surface area contributed by atoms with Gasteiger partial charge in [-0.2, -0.15) is 11.8 Å². The van der Waals surface area contributed by atoms with E-state index in [1.54, 1.807) is 30.8 Å². The van der Waals surface area contributed by atoms with Gasteiger partial charge in [0.25, 0.3) is 0 Å². The Morgan fingerprint density at radius 1 is 1.60 bits per heavy atom. The summed E-state index contributed by atoms with van der Waals surface area (Å²) < 4.78 is 0. The Balaban J connectivity index is 3.57. The third-order valence-electron chi connectivity index (χ3n) is 1.36. The lowest BCUT2D eigenvalue weighted by molar-refractivity contribution is -0.128. The molecule has 0 heterocycles. The molecule has 1 amide bonds. The number of hydrogen-bond acceptors (Lipinski definition) is 2. The van der Waals surface area contributed by atoms with Gasteiger partial charge in [0.15, 0.2) is 0 Å². The summed E-state index contributed by atoms with van der Waals surface area (Å²) in [5.41, 5.74) is 0. The fraction of sp³-hybridized carbons (Fsp3) is 0.857. The van der Waals surface area contributed by atoms with Gasteiger partial charge in [0.1, 0.15) is 0 Å². The molecule has 0 aliphatic carbocycles. The molecule has 0 saturated heterocycles. The normalized spacial score (nSPS) is 12.8. The average Bonchev–Trinajstić information content (AvgIpc) is 1.87. The van der Waals surface area contributed by atoms with Gasteiger partial charge >= 0.3 is 0 Å². The van der Waals surface area contributed by atoms with E-state index < -0.39 is 0 Å². The van der Waals surface area contributed by atoms with Crippen molar-refractivity contribution in [3.8, 4) is 0 Å². The molecule has 0 N–H and O–H groups in total. The smallest absolute Gasteiger partial charge is 0.223 e. The zero-order valence-corrected chi connectivity index (χ0v) is 7.86. The molecule has 1 atom stereocenters. The molecule has 0 spiro atoms. The van der Waals surface area contributed by atoms with Gasteiger partial charge in [-0.25, -0.2) is 0 Å². The molecule has 0 aliphatic rings. The van der Waals surface area contributed by atoms with Crippen LogP contribution in [0.2, 0.25) is 0 Å². The Morgan fingerprint density at radius 2 is 2.10 bits per heavy atom. The average molecular weight is 161 g/mol. The van der Waals surface area contributed by atoms with E-state index in [1.807, 2.05) is 6.26 Å². The van der Waals surface area contributed by atoms with Crippen LogP contribution >= 0.6 is 11.8 Å². The van der Waals surface area contributed by atoms with E-state index >= 15 is 0 Å².